The van der Waals surface area contributed by atoms with Gasteiger partial charge in [-0.05, 0) is 17.7 Å². The smallest absolute Gasteiger partial charge is 0.118 e. The van der Waals surface area contributed by atoms with Crippen LogP contribution in [0.1, 0.15) is 10.4 Å². The predicted octanol–water partition coefficient (Wildman–Crippen LogP) is 3.53. The number of hydrogen-bond acceptors (Lipinski definition) is 1. The van der Waals surface area contributed by atoms with Crippen LogP contribution in [0.4, 0.5) is 0 Å². The molecular formula is C9H10Br2O. The molecule has 1 aromatic rings. The van der Waals surface area contributed by atoms with Crippen LogP contribution in [0.3, 0.4) is 0 Å². The third-order valence-electron chi connectivity index (χ3n) is 1.61. The second-order valence-electron chi connectivity index (χ2n) is 2.39. The predicted molar refractivity (Wildman–Crippen MR) is 58.5 cm³/mol. The van der Waals surface area contributed by atoms with Gasteiger partial charge in [-0.15, -0.1) is 0 Å². The highest BCUT2D eigenvalue weighted by Gasteiger charge is 2.04. The van der Waals surface area contributed by atoms with E-state index in [1.54, 1.807) is 7.11 Å². The third kappa shape index (κ3) is 2.49. The maximum atomic E-state index is 5.06. The van der Waals surface area contributed by atoms with Gasteiger partial charge in [0.1, 0.15) is 5.75 Å². The lowest BCUT2D eigenvalue weighted by Crippen LogP contribution is -1.90. The summed E-state index contributed by atoms with van der Waals surface area (Å²) in [6.07, 6.45) is 0. The molecule has 1 atom stereocenters. The molecule has 66 valence electrons. The van der Waals surface area contributed by atoms with E-state index >= 15 is 0 Å². The van der Waals surface area contributed by atoms with Gasteiger partial charge in [0.15, 0.2) is 0 Å². The average Bonchev–Trinajstić information content (AvgIpc) is 2.17. The Morgan fingerprint density at radius 2 is 1.92 bits per heavy atom. The van der Waals surface area contributed by atoms with E-state index < -0.39 is 0 Å². The fourth-order valence-corrected chi connectivity index (χ4v) is 1.58. The van der Waals surface area contributed by atoms with Gasteiger partial charge in [0.05, 0.1) is 7.11 Å². The highest BCUT2D eigenvalue weighted by molar-refractivity contribution is 9.12. The Balaban J connectivity index is 2.77. The molecule has 12 heavy (non-hydrogen) atoms. The van der Waals surface area contributed by atoms with Crippen LogP contribution in [-0.2, 0) is 0 Å². The van der Waals surface area contributed by atoms with Crippen molar-refractivity contribution in [3.8, 4) is 5.75 Å². The maximum absolute atomic E-state index is 5.06. The van der Waals surface area contributed by atoms with E-state index in [1.165, 1.54) is 5.56 Å². The zero-order valence-corrected chi connectivity index (χ0v) is 9.93. The van der Waals surface area contributed by atoms with Crippen LogP contribution in [0.2, 0.25) is 0 Å². The SMILES string of the molecule is COc1ccc(C(Br)CBr)cc1. The summed E-state index contributed by atoms with van der Waals surface area (Å²) in [6, 6.07) is 8.04. The first-order valence-electron chi connectivity index (χ1n) is 3.62. The first-order chi connectivity index (χ1) is 5.77. The van der Waals surface area contributed by atoms with Gasteiger partial charge >= 0.3 is 0 Å². The van der Waals surface area contributed by atoms with Crippen molar-refractivity contribution in [1.29, 1.82) is 0 Å². The van der Waals surface area contributed by atoms with Crippen molar-refractivity contribution in [2.24, 2.45) is 0 Å². The Morgan fingerprint density at radius 3 is 2.33 bits per heavy atom. The molecule has 1 aromatic carbocycles. The summed E-state index contributed by atoms with van der Waals surface area (Å²) in [4.78, 5) is 0.378. The number of ether oxygens (including phenoxy) is 1. The molecule has 0 fully saturated rings. The minimum atomic E-state index is 0.378. The van der Waals surface area contributed by atoms with Gasteiger partial charge in [0.25, 0.3) is 0 Å². The highest BCUT2D eigenvalue weighted by Crippen LogP contribution is 2.25. The third-order valence-corrected chi connectivity index (χ3v) is 3.98. The number of alkyl halides is 2. The van der Waals surface area contributed by atoms with E-state index in [4.69, 9.17) is 4.74 Å². The Kier molecular flexibility index (Phi) is 4.09. The first kappa shape index (κ1) is 10.1. The fourth-order valence-electron chi connectivity index (χ4n) is 0.902. The van der Waals surface area contributed by atoms with Crippen LogP contribution in [0.15, 0.2) is 24.3 Å². The maximum Gasteiger partial charge on any atom is 0.118 e. The highest BCUT2D eigenvalue weighted by atomic mass is 79.9. The second kappa shape index (κ2) is 4.87. The zero-order chi connectivity index (χ0) is 8.97. The lowest BCUT2D eigenvalue weighted by atomic mass is 10.2. The molecule has 1 unspecified atom stereocenters. The van der Waals surface area contributed by atoms with Crippen LogP contribution < -0.4 is 4.74 Å². The number of hydrogen-bond donors (Lipinski definition) is 0. The Morgan fingerprint density at radius 1 is 1.33 bits per heavy atom. The molecule has 0 aromatic heterocycles. The summed E-state index contributed by atoms with van der Waals surface area (Å²) >= 11 is 6.95. The molecule has 3 heteroatoms. The summed E-state index contributed by atoms with van der Waals surface area (Å²) in [5, 5.41) is 0.916. The lowest BCUT2D eigenvalue weighted by molar-refractivity contribution is 0.414. The van der Waals surface area contributed by atoms with Crippen LogP contribution in [0, 0.1) is 0 Å². The van der Waals surface area contributed by atoms with Crippen LogP contribution >= 0.6 is 31.9 Å². The molecule has 0 amide bonds. The molecule has 0 saturated carbocycles. The average molecular weight is 294 g/mol. The molecule has 0 aliphatic heterocycles. The van der Waals surface area contributed by atoms with E-state index in [-0.39, 0.29) is 0 Å². The molecule has 0 heterocycles. The van der Waals surface area contributed by atoms with Gasteiger partial charge in [0, 0.05) is 10.2 Å². The molecule has 1 nitrogen and oxygen atoms in total. The number of halogens is 2. The summed E-state index contributed by atoms with van der Waals surface area (Å²) in [5.41, 5.74) is 1.26. The Bertz CT molecular complexity index is 233. The molecule has 0 N–H and O–H groups in total. The summed E-state index contributed by atoms with van der Waals surface area (Å²) in [7, 11) is 1.67. The fraction of sp³-hybridized carbons (Fsp3) is 0.333. The van der Waals surface area contributed by atoms with E-state index in [2.05, 4.69) is 44.0 Å². The topological polar surface area (TPSA) is 9.23 Å². The zero-order valence-electron chi connectivity index (χ0n) is 6.76. The van der Waals surface area contributed by atoms with Crippen molar-refractivity contribution in [3.05, 3.63) is 29.8 Å². The van der Waals surface area contributed by atoms with Gasteiger partial charge in [-0.3, -0.25) is 0 Å². The van der Waals surface area contributed by atoms with Gasteiger partial charge in [0.2, 0.25) is 0 Å². The van der Waals surface area contributed by atoms with Crippen molar-refractivity contribution < 1.29 is 4.74 Å². The quantitative estimate of drug-likeness (QED) is 0.775. The largest absolute Gasteiger partial charge is 0.497 e. The molecule has 0 aliphatic carbocycles. The van der Waals surface area contributed by atoms with Crippen molar-refractivity contribution >= 4 is 31.9 Å². The molecule has 0 saturated heterocycles. The van der Waals surface area contributed by atoms with E-state index in [9.17, 15) is 0 Å². The Hall–Kier alpha value is -0.0200. The summed E-state index contributed by atoms with van der Waals surface area (Å²) in [6.45, 7) is 0. The van der Waals surface area contributed by atoms with Gasteiger partial charge < -0.3 is 4.74 Å². The van der Waals surface area contributed by atoms with Crippen molar-refractivity contribution in [2.45, 2.75) is 4.83 Å². The van der Waals surface area contributed by atoms with E-state index in [0.29, 0.717) is 4.83 Å². The van der Waals surface area contributed by atoms with Crippen molar-refractivity contribution in [3.63, 3.8) is 0 Å². The number of methoxy groups -OCH3 is 1. The molecule has 1 rings (SSSR count). The van der Waals surface area contributed by atoms with Gasteiger partial charge in [-0.2, -0.15) is 0 Å². The molecule has 0 radical (unpaired) electrons. The second-order valence-corrected chi connectivity index (χ2v) is 4.15. The number of benzene rings is 1. The molecular weight excluding hydrogens is 284 g/mol. The normalized spacial score (nSPS) is 12.6. The standard InChI is InChI=1S/C9H10Br2O/c1-12-8-4-2-7(3-5-8)9(11)6-10/h2-5,9H,6H2,1H3. The monoisotopic (exact) mass is 292 g/mol. The van der Waals surface area contributed by atoms with Crippen LogP contribution in [0.5, 0.6) is 5.75 Å². The minimum Gasteiger partial charge on any atom is -0.497 e. The molecule has 0 bridgehead atoms. The van der Waals surface area contributed by atoms with Crippen LogP contribution in [-0.4, -0.2) is 12.4 Å². The van der Waals surface area contributed by atoms with Crippen molar-refractivity contribution in [1.82, 2.24) is 0 Å². The van der Waals surface area contributed by atoms with Gasteiger partial charge in [-0.1, -0.05) is 44.0 Å². The summed E-state index contributed by atoms with van der Waals surface area (Å²) in [5.74, 6) is 0.896. The number of rotatable bonds is 3. The van der Waals surface area contributed by atoms with E-state index in [1.807, 2.05) is 12.1 Å². The molecule has 0 aliphatic rings. The minimum absolute atomic E-state index is 0.378. The first-order valence-corrected chi connectivity index (χ1v) is 5.65. The summed E-state index contributed by atoms with van der Waals surface area (Å²) < 4.78 is 5.06. The van der Waals surface area contributed by atoms with Crippen molar-refractivity contribution in [2.75, 3.05) is 12.4 Å². The Labute approximate surface area is 89.4 Å². The van der Waals surface area contributed by atoms with Gasteiger partial charge in [-0.25, -0.2) is 0 Å². The molecule has 0 spiro atoms. The van der Waals surface area contributed by atoms with Crippen LogP contribution in [0.25, 0.3) is 0 Å². The van der Waals surface area contributed by atoms with E-state index in [0.717, 1.165) is 11.1 Å². The lowest BCUT2D eigenvalue weighted by Gasteiger charge is -2.06.